The monoisotopic (exact) mass is 410 g/mol. The second kappa shape index (κ2) is 8.76. The summed E-state index contributed by atoms with van der Waals surface area (Å²) in [6, 6.07) is 15.3. The van der Waals surface area contributed by atoms with E-state index in [0.29, 0.717) is 29.0 Å². The summed E-state index contributed by atoms with van der Waals surface area (Å²) < 4.78 is 5.52. The Morgan fingerprint density at radius 2 is 1.90 bits per heavy atom. The van der Waals surface area contributed by atoms with Crippen molar-refractivity contribution < 1.29 is 9.32 Å². The van der Waals surface area contributed by atoms with Crippen LogP contribution in [0.15, 0.2) is 53.1 Å². The lowest BCUT2D eigenvalue weighted by atomic mass is 9.97. The number of para-hydroxylation sites is 1. The molecule has 0 unspecified atom stereocenters. The smallest absolute Gasteiger partial charge is 0.238 e. The first-order valence-corrected chi connectivity index (χ1v) is 10.1. The van der Waals surface area contributed by atoms with E-state index in [9.17, 15) is 4.79 Å². The van der Waals surface area contributed by atoms with Gasteiger partial charge in [-0.05, 0) is 45.0 Å². The van der Waals surface area contributed by atoms with Crippen LogP contribution in [-0.2, 0) is 4.79 Å². The second-order valence-electron chi connectivity index (χ2n) is 7.40. The van der Waals surface area contributed by atoms with Gasteiger partial charge in [-0.2, -0.15) is 4.98 Å². The molecule has 1 aromatic heterocycles. The summed E-state index contributed by atoms with van der Waals surface area (Å²) in [7, 11) is 0. The van der Waals surface area contributed by atoms with Gasteiger partial charge < -0.3 is 9.84 Å². The number of rotatable bonds is 5. The van der Waals surface area contributed by atoms with Crippen LogP contribution in [0.3, 0.4) is 0 Å². The lowest BCUT2D eigenvalue weighted by Gasteiger charge is -2.29. The number of nitrogens with zero attached hydrogens (tertiary/aromatic N) is 3. The highest BCUT2D eigenvalue weighted by molar-refractivity contribution is 6.33. The van der Waals surface area contributed by atoms with Gasteiger partial charge in [-0.15, -0.1) is 0 Å². The van der Waals surface area contributed by atoms with Crippen molar-refractivity contribution in [1.82, 2.24) is 15.0 Å². The molecule has 0 aliphatic carbocycles. The van der Waals surface area contributed by atoms with Crippen LogP contribution in [0.25, 0.3) is 11.4 Å². The number of likely N-dealkylation sites (tertiary alicyclic amines) is 1. The molecular formula is C22H23ClN4O2. The Bertz CT molecular complexity index is 978. The summed E-state index contributed by atoms with van der Waals surface area (Å²) in [5.41, 5.74) is 2.80. The fraction of sp³-hybridized carbons (Fsp3) is 0.318. The zero-order valence-electron chi connectivity index (χ0n) is 16.3. The van der Waals surface area contributed by atoms with Crippen LogP contribution in [0.5, 0.6) is 0 Å². The van der Waals surface area contributed by atoms with Gasteiger partial charge in [-0.3, -0.25) is 9.69 Å². The van der Waals surface area contributed by atoms with E-state index in [1.165, 1.54) is 5.56 Å². The standard InChI is InChI=1S/C22H23ClN4O2/c1-15-6-8-16(9-7-15)21-25-22(29-26-21)17-10-12-27(13-11-17)14-20(28)24-19-5-3-2-4-18(19)23/h2-9,17H,10-14H2,1H3,(H,24,28). The van der Waals surface area contributed by atoms with Crippen molar-refractivity contribution in [3.63, 3.8) is 0 Å². The second-order valence-corrected chi connectivity index (χ2v) is 7.81. The Morgan fingerprint density at radius 1 is 1.17 bits per heavy atom. The molecule has 4 rings (SSSR count). The molecule has 150 valence electrons. The Labute approximate surface area is 174 Å². The minimum Gasteiger partial charge on any atom is -0.339 e. The fourth-order valence-corrected chi connectivity index (χ4v) is 3.70. The lowest BCUT2D eigenvalue weighted by Crippen LogP contribution is -2.38. The van der Waals surface area contributed by atoms with Crippen LogP contribution in [0.1, 0.15) is 30.2 Å². The zero-order valence-corrected chi connectivity index (χ0v) is 17.0. The molecule has 1 saturated heterocycles. The van der Waals surface area contributed by atoms with Crippen LogP contribution in [-0.4, -0.2) is 40.6 Å². The quantitative estimate of drug-likeness (QED) is 0.669. The third-order valence-corrected chi connectivity index (χ3v) is 5.53. The van der Waals surface area contributed by atoms with Crippen LogP contribution in [0.4, 0.5) is 5.69 Å². The van der Waals surface area contributed by atoms with Crippen LogP contribution in [0, 0.1) is 6.92 Å². The topological polar surface area (TPSA) is 71.3 Å². The first-order valence-electron chi connectivity index (χ1n) is 9.76. The van der Waals surface area contributed by atoms with Crippen molar-refractivity contribution in [1.29, 1.82) is 0 Å². The molecule has 0 saturated carbocycles. The van der Waals surface area contributed by atoms with Crippen molar-refractivity contribution in [2.24, 2.45) is 0 Å². The number of aromatic nitrogens is 2. The summed E-state index contributed by atoms with van der Waals surface area (Å²) in [5.74, 6) is 1.47. The predicted octanol–water partition coefficient (Wildman–Crippen LogP) is 4.52. The summed E-state index contributed by atoms with van der Waals surface area (Å²) in [5, 5.41) is 7.55. The molecule has 7 heteroatoms. The van der Waals surface area contributed by atoms with Gasteiger partial charge in [0.05, 0.1) is 17.3 Å². The SMILES string of the molecule is Cc1ccc(-c2noc(C3CCN(CC(=O)Nc4ccccc4Cl)CC3)n2)cc1. The van der Waals surface area contributed by atoms with E-state index in [0.717, 1.165) is 31.5 Å². The van der Waals surface area contributed by atoms with Crippen molar-refractivity contribution in [2.45, 2.75) is 25.7 Å². The van der Waals surface area contributed by atoms with E-state index in [2.05, 4.69) is 20.4 Å². The van der Waals surface area contributed by atoms with E-state index in [4.69, 9.17) is 16.1 Å². The number of hydrogen-bond acceptors (Lipinski definition) is 5. The van der Waals surface area contributed by atoms with E-state index >= 15 is 0 Å². The fourth-order valence-electron chi connectivity index (χ4n) is 3.51. The number of nitrogens with one attached hydrogen (secondary N) is 1. The maximum atomic E-state index is 12.3. The largest absolute Gasteiger partial charge is 0.339 e. The molecule has 0 atom stereocenters. The first kappa shape index (κ1) is 19.6. The molecule has 0 spiro atoms. The van der Waals surface area contributed by atoms with Gasteiger partial charge in [0.15, 0.2) is 0 Å². The minimum atomic E-state index is -0.0593. The van der Waals surface area contributed by atoms with Gasteiger partial charge in [0, 0.05) is 11.5 Å². The van der Waals surface area contributed by atoms with Gasteiger partial charge in [0.1, 0.15) is 0 Å². The molecule has 1 fully saturated rings. The summed E-state index contributed by atoms with van der Waals surface area (Å²) in [4.78, 5) is 19.1. The number of benzene rings is 2. The van der Waals surface area contributed by atoms with Gasteiger partial charge >= 0.3 is 0 Å². The summed E-state index contributed by atoms with van der Waals surface area (Å²) in [6.07, 6.45) is 1.77. The average Bonchev–Trinajstić information content (AvgIpc) is 3.21. The van der Waals surface area contributed by atoms with Crippen LogP contribution >= 0.6 is 11.6 Å². The molecule has 6 nitrogen and oxygen atoms in total. The van der Waals surface area contributed by atoms with E-state index < -0.39 is 0 Å². The maximum Gasteiger partial charge on any atom is 0.238 e. The Morgan fingerprint density at radius 3 is 2.62 bits per heavy atom. The van der Waals surface area contributed by atoms with E-state index in [-0.39, 0.29) is 11.8 Å². The van der Waals surface area contributed by atoms with Crippen molar-refractivity contribution >= 4 is 23.2 Å². The maximum absolute atomic E-state index is 12.3. The molecule has 1 aliphatic rings. The van der Waals surface area contributed by atoms with Crippen molar-refractivity contribution in [3.8, 4) is 11.4 Å². The van der Waals surface area contributed by atoms with Gasteiger partial charge in [0.2, 0.25) is 17.6 Å². The van der Waals surface area contributed by atoms with Crippen LogP contribution < -0.4 is 5.32 Å². The summed E-state index contributed by atoms with van der Waals surface area (Å²) >= 11 is 6.10. The van der Waals surface area contributed by atoms with Gasteiger partial charge in [0.25, 0.3) is 0 Å². The molecule has 29 heavy (non-hydrogen) atoms. The molecule has 3 aromatic rings. The number of amides is 1. The molecule has 0 radical (unpaired) electrons. The number of piperidine rings is 1. The highest BCUT2D eigenvalue weighted by Crippen LogP contribution is 2.28. The lowest BCUT2D eigenvalue weighted by molar-refractivity contribution is -0.117. The molecule has 1 amide bonds. The van der Waals surface area contributed by atoms with E-state index in [1.54, 1.807) is 12.1 Å². The molecule has 1 N–H and O–H groups in total. The number of halogens is 1. The number of carbonyl (C=O) groups excluding carboxylic acids is 1. The van der Waals surface area contributed by atoms with Gasteiger partial charge in [-0.25, -0.2) is 0 Å². The number of carbonyl (C=O) groups is 1. The Balaban J connectivity index is 1.30. The van der Waals surface area contributed by atoms with E-state index in [1.807, 2.05) is 43.3 Å². The zero-order chi connectivity index (χ0) is 20.2. The highest BCUT2D eigenvalue weighted by atomic mass is 35.5. The average molecular weight is 411 g/mol. The first-order chi connectivity index (χ1) is 14.1. The third-order valence-electron chi connectivity index (χ3n) is 5.20. The number of aryl methyl sites for hydroxylation is 1. The Hall–Kier alpha value is -2.70. The normalized spacial score (nSPS) is 15.4. The highest BCUT2D eigenvalue weighted by Gasteiger charge is 2.26. The predicted molar refractivity (Wildman–Crippen MR) is 113 cm³/mol. The molecular weight excluding hydrogens is 388 g/mol. The van der Waals surface area contributed by atoms with Gasteiger partial charge in [-0.1, -0.05) is 58.7 Å². The minimum absolute atomic E-state index is 0.0593. The number of anilines is 1. The third kappa shape index (κ3) is 4.83. The van der Waals surface area contributed by atoms with Crippen molar-refractivity contribution in [3.05, 3.63) is 65.0 Å². The Kier molecular flexibility index (Phi) is 5.92. The molecule has 2 aromatic carbocycles. The van der Waals surface area contributed by atoms with Crippen molar-refractivity contribution in [2.75, 3.05) is 25.0 Å². The summed E-state index contributed by atoms with van der Waals surface area (Å²) in [6.45, 7) is 4.01. The number of hydrogen-bond donors (Lipinski definition) is 1. The molecule has 2 heterocycles. The molecule has 0 bridgehead atoms. The van der Waals surface area contributed by atoms with Crippen LogP contribution in [0.2, 0.25) is 5.02 Å². The molecule has 1 aliphatic heterocycles.